The second kappa shape index (κ2) is 9.96. The van der Waals surface area contributed by atoms with Gasteiger partial charge in [0.25, 0.3) is 5.78 Å². The number of thioether (sulfide) groups is 1. The van der Waals surface area contributed by atoms with Gasteiger partial charge in [-0.05, 0) is 54.1 Å². The Morgan fingerprint density at radius 2 is 1.89 bits per heavy atom. The zero-order valence-electron chi connectivity index (χ0n) is 18.8. The quantitative estimate of drug-likeness (QED) is 0.116. The number of hydrogen-bond acceptors (Lipinski definition) is 9. The molecule has 0 saturated carbocycles. The number of anilines is 1. The fourth-order valence-electron chi connectivity index (χ4n) is 3.73. The minimum absolute atomic E-state index is 0.115. The van der Waals surface area contributed by atoms with E-state index in [2.05, 4.69) is 10.2 Å². The van der Waals surface area contributed by atoms with Gasteiger partial charge in [0.1, 0.15) is 29.1 Å². The molecule has 1 unspecified atom stereocenters. The van der Waals surface area contributed by atoms with Crippen molar-refractivity contribution in [2.24, 2.45) is 0 Å². The number of halogens is 1. The summed E-state index contributed by atoms with van der Waals surface area (Å²) in [4.78, 5) is 27.5. The van der Waals surface area contributed by atoms with Crippen molar-refractivity contribution in [1.82, 2.24) is 10.2 Å². The maximum atomic E-state index is 13.2. The van der Waals surface area contributed by atoms with E-state index in [1.807, 2.05) is 0 Å². The second-order valence-electron chi connectivity index (χ2n) is 7.68. The number of benzene rings is 2. The Hall–Kier alpha value is -3.96. The summed E-state index contributed by atoms with van der Waals surface area (Å²) in [5, 5.41) is 19.5. The monoisotopic (exact) mass is 523 g/mol. The highest BCUT2D eigenvalue weighted by molar-refractivity contribution is 8.00. The van der Waals surface area contributed by atoms with E-state index >= 15 is 0 Å². The average molecular weight is 524 g/mol. The van der Waals surface area contributed by atoms with Crippen molar-refractivity contribution >= 4 is 45.7 Å². The molecule has 182 valence electrons. The molecule has 1 amide bonds. The first kappa shape index (κ1) is 23.8. The number of furan rings is 1. The van der Waals surface area contributed by atoms with Crippen LogP contribution in [0.15, 0.2) is 81.3 Å². The molecule has 3 heterocycles. The van der Waals surface area contributed by atoms with Gasteiger partial charge >= 0.3 is 5.91 Å². The summed E-state index contributed by atoms with van der Waals surface area (Å²) >= 11 is 2.50. The summed E-state index contributed by atoms with van der Waals surface area (Å²) in [5.41, 5.74) is 1.13. The Balaban J connectivity index is 1.49. The molecular weight excluding hydrogens is 505 g/mol. The Morgan fingerprint density at radius 3 is 2.56 bits per heavy atom. The van der Waals surface area contributed by atoms with Crippen LogP contribution in [0.5, 0.6) is 5.75 Å². The van der Waals surface area contributed by atoms with Crippen LogP contribution in [-0.4, -0.2) is 34.1 Å². The van der Waals surface area contributed by atoms with Crippen molar-refractivity contribution in [3.63, 3.8) is 0 Å². The van der Waals surface area contributed by atoms with E-state index in [4.69, 9.17) is 9.15 Å². The molecule has 1 N–H and O–H groups in total. The molecule has 11 heteroatoms. The van der Waals surface area contributed by atoms with Gasteiger partial charge in [-0.3, -0.25) is 14.5 Å². The first-order valence-corrected chi connectivity index (χ1v) is 12.5. The standard InChI is InChI=1S/C25H18FN3O5S2/c1-33-17-10-6-15(7-11-17)21(30)19-20(18-3-2-12-34-18)29(23(32)22(19)31)24-27-28-25(36-24)35-13-14-4-8-16(26)9-5-14/h2-12,20,30H,13H2,1H3/b21-19-. The first-order chi connectivity index (χ1) is 17.5. The number of ether oxygens (including phenoxy) is 1. The van der Waals surface area contributed by atoms with Crippen molar-refractivity contribution in [2.45, 2.75) is 16.1 Å². The number of aromatic nitrogens is 2. The van der Waals surface area contributed by atoms with Gasteiger partial charge in [0.05, 0.1) is 18.9 Å². The molecule has 1 aliphatic rings. The smallest absolute Gasteiger partial charge is 0.302 e. The Morgan fingerprint density at radius 1 is 1.14 bits per heavy atom. The molecule has 4 aromatic rings. The highest BCUT2D eigenvalue weighted by Crippen LogP contribution is 2.44. The van der Waals surface area contributed by atoms with Crippen molar-refractivity contribution in [3.8, 4) is 5.75 Å². The molecule has 0 spiro atoms. The lowest BCUT2D eigenvalue weighted by Crippen LogP contribution is -2.29. The van der Waals surface area contributed by atoms with E-state index in [1.54, 1.807) is 48.5 Å². The van der Waals surface area contributed by atoms with Gasteiger partial charge in [-0.25, -0.2) is 4.39 Å². The number of Topliss-reactive ketones (excluding diaryl/α,β-unsaturated/α-hetero) is 1. The molecule has 1 aliphatic heterocycles. The minimum Gasteiger partial charge on any atom is -0.507 e. The van der Waals surface area contributed by atoms with Crippen LogP contribution in [-0.2, 0) is 15.3 Å². The number of carbonyl (C=O) groups is 2. The van der Waals surface area contributed by atoms with Gasteiger partial charge < -0.3 is 14.3 Å². The summed E-state index contributed by atoms with van der Waals surface area (Å²) in [7, 11) is 1.52. The van der Waals surface area contributed by atoms with Gasteiger partial charge in [0.2, 0.25) is 5.13 Å². The number of amides is 1. The fourth-order valence-corrected chi connectivity index (χ4v) is 5.56. The molecule has 0 radical (unpaired) electrons. The molecule has 2 aromatic heterocycles. The lowest BCUT2D eigenvalue weighted by Gasteiger charge is -2.20. The number of ketones is 1. The minimum atomic E-state index is -1.02. The van der Waals surface area contributed by atoms with Crippen LogP contribution < -0.4 is 9.64 Å². The number of rotatable bonds is 7. The largest absolute Gasteiger partial charge is 0.507 e. The van der Waals surface area contributed by atoms with Crippen LogP contribution in [0.1, 0.15) is 22.9 Å². The summed E-state index contributed by atoms with van der Waals surface area (Å²) in [6.07, 6.45) is 1.42. The van der Waals surface area contributed by atoms with E-state index in [9.17, 15) is 19.1 Å². The van der Waals surface area contributed by atoms with Gasteiger partial charge in [-0.15, -0.1) is 10.2 Å². The maximum absolute atomic E-state index is 13.2. The molecule has 2 aromatic carbocycles. The highest BCUT2D eigenvalue weighted by atomic mass is 32.2. The number of aliphatic hydroxyl groups is 1. The normalized spacial score (nSPS) is 17.1. The number of hydrogen-bond donors (Lipinski definition) is 1. The number of nitrogens with zero attached hydrogens (tertiary/aromatic N) is 3. The van der Waals surface area contributed by atoms with Gasteiger partial charge in [-0.1, -0.05) is 35.2 Å². The zero-order chi connectivity index (χ0) is 25.2. The third-order valence-corrected chi connectivity index (χ3v) is 7.63. The van der Waals surface area contributed by atoms with E-state index in [1.165, 1.54) is 42.2 Å². The molecule has 1 atom stereocenters. The molecule has 36 heavy (non-hydrogen) atoms. The Kier molecular flexibility index (Phi) is 6.57. The van der Waals surface area contributed by atoms with Gasteiger partial charge in [-0.2, -0.15) is 0 Å². The van der Waals surface area contributed by atoms with Crippen molar-refractivity contribution < 1.29 is 28.2 Å². The van der Waals surface area contributed by atoms with Crippen LogP contribution >= 0.6 is 23.1 Å². The van der Waals surface area contributed by atoms with Gasteiger partial charge in [0.15, 0.2) is 4.34 Å². The average Bonchev–Trinajstić information content (AvgIpc) is 3.64. The summed E-state index contributed by atoms with van der Waals surface area (Å²) in [5.74, 6) is -0.972. The fraction of sp³-hybridized carbons (Fsp3) is 0.120. The van der Waals surface area contributed by atoms with Crippen molar-refractivity contribution in [3.05, 3.63) is 95.2 Å². The SMILES string of the molecule is COc1ccc(/C(O)=C2/C(=O)C(=O)N(c3nnc(SCc4ccc(F)cc4)s3)C2c2ccco2)cc1. The number of carbonyl (C=O) groups excluding carboxylic acids is 2. The summed E-state index contributed by atoms with van der Waals surface area (Å²) < 4.78 is 24.4. The van der Waals surface area contributed by atoms with Crippen LogP contribution in [0, 0.1) is 5.82 Å². The lowest BCUT2D eigenvalue weighted by atomic mass is 9.99. The van der Waals surface area contributed by atoms with E-state index < -0.39 is 17.7 Å². The zero-order valence-corrected chi connectivity index (χ0v) is 20.4. The maximum Gasteiger partial charge on any atom is 0.302 e. The van der Waals surface area contributed by atoms with Crippen LogP contribution in [0.3, 0.4) is 0 Å². The molecule has 1 saturated heterocycles. The number of methoxy groups -OCH3 is 1. The third kappa shape index (κ3) is 4.50. The molecule has 0 aliphatic carbocycles. The Bertz CT molecular complexity index is 1430. The van der Waals surface area contributed by atoms with Crippen molar-refractivity contribution in [2.75, 3.05) is 12.0 Å². The number of aliphatic hydroxyl groups excluding tert-OH is 1. The predicted octanol–water partition coefficient (Wildman–Crippen LogP) is 5.20. The van der Waals surface area contributed by atoms with Crippen molar-refractivity contribution in [1.29, 1.82) is 0 Å². The van der Waals surface area contributed by atoms with E-state index in [0.29, 0.717) is 27.2 Å². The summed E-state index contributed by atoms with van der Waals surface area (Å²) in [6, 6.07) is 14.8. The van der Waals surface area contributed by atoms with Crippen LogP contribution in [0.4, 0.5) is 9.52 Å². The molecular formula is C25H18FN3O5S2. The molecule has 1 fully saturated rings. The second-order valence-corrected chi connectivity index (χ2v) is 9.86. The first-order valence-electron chi connectivity index (χ1n) is 10.7. The topological polar surface area (TPSA) is 106 Å². The molecule has 0 bridgehead atoms. The molecule has 5 rings (SSSR count). The third-order valence-electron chi connectivity index (χ3n) is 5.50. The highest BCUT2D eigenvalue weighted by Gasteiger charge is 2.49. The van der Waals surface area contributed by atoms with Crippen LogP contribution in [0.25, 0.3) is 5.76 Å². The van der Waals surface area contributed by atoms with E-state index in [0.717, 1.165) is 16.9 Å². The summed E-state index contributed by atoms with van der Waals surface area (Å²) in [6.45, 7) is 0. The molecule has 8 nitrogen and oxygen atoms in total. The predicted molar refractivity (Wildman–Crippen MR) is 132 cm³/mol. The lowest BCUT2D eigenvalue weighted by molar-refractivity contribution is -0.132. The van der Waals surface area contributed by atoms with E-state index in [-0.39, 0.29) is 22.3 Å². The van der Waals surface area contributed by atoms with Crippen LogP contribution in [0.2, 0.25) is 0 Å². The van der Waals surface area contributed by atoms with Gasteiger partial charge in [0, 0.05) is 11.3 Å². The Labute approximate surface area is 213 Å².